The quantitative estimate of drug-likeness (QED) is 0.821. The monoisotopic (exact) mass is 230 g/mol. The van der Waals surface area contributed by atoms with Crippen molar-refractivity contribution in [3.63, 3.8) is 0 Å². The van der Waals surface area contributed by atoms with Crippen LogP contribution in [0.15, 0.2) is 35.1 Å². The molecule has 3 heteroatoms. The first-order valence-corrected chi connectivity index (χ1v) is 6.12. The molecule has 1 aromatic carbocycles. The highest BCUT2D eigenvalue weighted by Gasteiger charge is 2.05. The van der Waals surface area contributed by atoms with Gasteiger partial charge in [-0.1, -0.05) is 38.0 Å². The Kier molecular flexibility index (Phi) is 3.47. The zero-order valence-electron chi connectivity index (χ0n) is 10.1. The van der Waals surface area contributed by atoms with Crippen LogP contribution in [0, 0.1) is 0 Å². The van der Waals surface area contributed by atoms with Gasteiger partial charge in [0.2, 0.25) is 0 Å². The van der Waals surface area contributed by atoms with Crippen LogP contribution in [-0.2, 0) is 6.54 Å². The Bertz CT molecular complexity index is 572. The third-order valence-corrected chi connectivity index (χ3v) is 3.02. The molecule has 0 atom stereocenters. The molecule has 2 N–H and O–H groups in total. The van der Waals surface area contributed by atoms with Crippen LogP contribution in [-0.4, -0.2) is 4.57 Å². The van der Waals surface area contributed by atoms with Crippen molar-refractivity contribution in [2.75, 3.05) is 5.73 Å². The average molecular weight is 230 g/mol. The fourth-order valence-corrected chi connectivity index (χ4v) is 2.09. The second-order valence-electron chi connectivity index (χ2n) is 4.32. The first-order valence-electron chi connectivity index (χ1n) is 6.12. The molecule has 0 aliphatic heterocycles. The molecule has 1 heterocycles. The Morgan fingerprint density at radius 1 is 1.24 bits per heavy atom. The number of nitrogens with zero attached hydrogens (tertiary/aromatic N) is 1. The third-order valence-electron chi connectivity index (χ3n) is 3.02. The second-order valence-corrected chi connectivity index (χ2v) is 4.32. The van der Waals surface area contributed by atoms with Crippen molar-refractivity contribution in [1.29, 1.82) is 0 Å². The van der Waals surface area contributed by atoms with Gasteiger partial charge in [-0.3, -0.25) is 4.79 Å². The number of unbranched alkanes of at least 4 members (excludes halogenated alkanes) is 2. The number of anilines is 1. The summed E-state index contributed by atoms with van der Waals surface area (Å²) in [5, 5.41) is 1.03. The number of nitrogens with two attached hydrogens (primary N) is 1. The highest BCUT2D eigenvalue weighted by molar-refractivity contribution is 5.81. The van der Waals surface area contributed by atoms with Gasteiger partial charge in [-0.15, -0.1) is 0 Å². The Morgan fingerprint density at radius 2 is 2.00 bits per heavy atom. The van der Waals surface area contributed by atoms with Gasteiger partial charge in [-0.05, 0) is 18.6 Å². The largest absolute Gasteiger partial charge is 0.394 e. The first kappa shape index (κ1) is 11.7. The van der Waals surface area contributed by atoms with E-state index in [1.165, 1.54) is 0 Å². The molecule has 0 fully saturated rings. The standard InChI is InChI=1S/C14H18N2O/c1-2-3-6-9-16-13-8-5-4-7-11(13)10-12(15)14(16)17/h4-5,7-8,10H,2-3,6,9,15H2,1H3. The van der Waals surface area contributed by atoms with E-state index in [-0.39, 0.29) is 5.56 Å². The van der Waals surface area contributed by atoms with Gasteiger partial charge in [0.1, 0.15) is 0 Å². The van der Waals surface area contributed by atoms with Crippen LogP contribution in [0.5, 0.6) is 0 Å². The number of hydrogen-bond donors (Lipinski definition) is 1. The van der Waals surface area contributed by atoms with Gasteiger partial charge >= 0.3 is 0 Å². The van der Waals surface area contributed by atoms with E-state index in [1.54, 1.807) is 10.6 Å². The molecule has 0 radical (unpaired) electrons. The number of nitrogen functional groups attached to an aromatic ring is 1. The van der Waals surface area contributed by atoms with Crippen molar-refractivity contribution in [2.24, 2.45) is 0 Å². The molecule has 0 aliphatic rings. The zero-order valence-corrected chi connectivity index (χ0v) is 10.1. The van der Waals surface area contributed by atoms with Gasteiger partial charge in [0.25, 0.3) is 5.56 Å². The molecule has 90 valence electrons. The lowest BCUT2D eigenvalue weighted by Gasteiger charge is -2.11. The molecular weight excluding hydrogens is 212 g/mol. The highest BCUT2D eigenvalue weighted by Crippen LogP contribution is 2.14. The molecule has 17 heavy (non-hydrogen) atoms. The minimum absolute atomic E-state index is 0.0696. The number of aromatic nitrogens is 1. The lowest BCUT2D eigenvalue weighted by atomic mass is 10.2. The summed E-state index contributed by atoms with van der Waals surface area (Å²) in [6.07, 6.45) is 3.30. The van der Waals surface area contributed by atoms with Crippen molar-refractivity contribution < 1.29 is 0 Å². The Labute approximate surface area is 101 Å². The molecule has 0 bridgehead atoms. The minimum Gasteiger partial charge on any atom is -0.394 e. The molecular formula is C14H18N2O. The van der Waals surface area contributed by atoms with Gasteiger partial charge in [0.15, 0.2) is 0 Å². The summed E-state index contributed by atoms with van der Waals surface area (Å²) in [7, 11) is 0. The number of para-hydroxylation sites is 1. The Morgan fingerprint density at radius 3 is 2.76 bits per heavy atom. The number of hydrogen-bond acceptors (Lipinski definition) is 2. The van der Waals surface area contributed by atoms with Crippen molar-refractivity contribution in [3.05, 3.63) is 40.7 Å². The van der Waals surface area contributed by atoms with E-state index in [2.05, 4.69) is 6.92 Å². The summed E-state index contributed by atoms with van der Waals surface area (Å²) in [6, 6.07) is 9.63. The van der Waals surface area contributed by atoms with Crippen LogP contribution in [0.4, 0.5) is 5.69 Å². The maximum absolute atomic E-state index is 12.0. The van der Waals surface area contributed by atoms with Gasteiger partial charge in [0, 0.05) is 11.9 Å². The minimum atomic E-state index is -0.0696. The number of pyridine rings is 1. The number of rotatable bonds is 4. The third kappa shape index (κ3) is 2.33. The number of benzene rings is 1. The van der Waals surface area contributed by atoms with Crippen LogP contribution < -0.4 is 11.3 Å². The predicted molar refractivity (Wildman–Crippen MR) is 72.1 cm³/mol. The van der Waals surface area contributed by atoms with E-state index in [0.717, 1.165) is 36.7 Å². The van der Waals surface area contributed by atoms with E-state index in [9.17, 15) is 4.79 Å². The van der Waals surface area contributed by atoms with Crippen LogP contribution in [0.2, 0.25) is 0 Å². The molecule has 1 aromatic heterocycles. The smallest absolute Gasteiger partial charge is 0.274 e. The maximum Gasteiger partial charge on any atom is 0.274 e. The van der Waals surface area contributed by atoms with E-state index in [1.807, 2.05) is 24.3 Å². The van der Waals surface area contributed by atoms with Gasteiger partial charge < -0.3 is 10.3 Å². The van der Waals surface area contributed by atoms with E-state index < -0.39 is 0 Å². The van der Waals surface area contributed by atoms with Crippen LogP contribution >= 0.6 is 0 Å². The van der Waals surface area contributed by atoms with Crippen LogP contribution in [0.25, 0.3) is 10.9 Å². The fraction of sp³-hybridized carbons (Fsp3) is 0.357. The Hall–Kier alpha value is -1.77. The van der Waals surface area contributed by atoms with E-state index >= 15 is 0 Å². The molecule has 0 amide bonds. The van der Waals surface area contributed by atoms with Gasteiger partial charge in [0.05, 0.1) is 11.2 Å². The maximum atomic E-state index is 12.0. The zero-order chi connectivity index (χ0) is 12.3. The summed E-state index contributed by atoms with van der Waals surface area (Å²) >= 11 is 0. The van der Waals surface area contributed by atoms with Gasteiger partial charge in [-0.25, -0.2) is 0 Å². The molecule has 0 spiro atoms. The van der Waals surface area contributed by atoms with E-state index in [0.29, 0.717) is 5.69 Å². The Balaban J connectivity index is 2.50. The molecule has 0 aliphatic carbocycles. The van der Waals surface area contributed by atoms with Crippen LogP contribution in [0.1, 0.15) is 26.2 Å². The summed E-state index contributed by atoms with van der Waals surface area (Å²) in [4.78, 5) is 12.0. The molecule has 0 unspecified atom stereocenters. The average Bonchev–Trinajstić information content (AvgIpc) is 2.34. The van der Waals surface area contributed by atoms with Crippen molar-refractivity contribution in [3.8, 4) is 0 Å². The van der Waals surface area contributed by atoms with Gasteiger partial charge in [-0.2, -0.15) is 0 Å². The van der Waals surface area contributed by atoms with Crippen LogP contribution in [0.3, 0.4) is 0 Å². The summed E-state index contributed by atoms with van der Waals surface area (Å²) in [5.41, 5.74) is 7.00. The van der Waals surface area contributed by atoms with Crippen molar-refractivity contribution in [2.45, 2.75) is 32.7 Å². The fourth-order valence-electron chi connectivity index (χ4n) is 2.09. The number of fused-ring (bicyclic) bond motifs is 1. The highest BCUT2D eigenvalue weighted by atomic mass is 16.1. The first-order chi connectivity index (χ1) is 8.24. The summed E-state index contributed by atoms with van der Waals surface area (Å²) in [5.74, 6) is 0. The normalized spacial score (nSPS) is 10.9. The lowest BCUT2D eigenvalue weighted by molar-refractivity contribution is 0.603. The SMILES string of the molecule is CCCCCn1c(=O)c(N)cc2ccccc21. The molecule has 0 saturated heterocycles. The summed E-state index contributed by atoms with van der Waals surface area (Å²) in [6.45, 7) is 2.90. The molecule has 2 aromatic rings. The lowest BCUT2D eigenvalue weighted by Crippen LogP contribution is -2.23. The van der Waals surface area contributed by atoms with Crippen molar-refractivity contribution in [1.82, 2.24) is 4.57 Å². The second kappa shape index (κ2) is 5.04. The molecule has 2 rings (SSSR count). The van der Waals surface area contributed by atoms with E-state index in [4.69, 9.17) is 5.73 Å². The number of aryl methyl sites for hydroxylation is 1. The predicted octanol–water partition coefficient (Wildman–Crippen LogP) is 2.77. The topological polar surface area (TPSA) is 48.0 Å². The molecule has 3 nitrogen and oxygen atoms in total. The summed E-state index contributed by atoms with van der Waals surface area (Å²) < 4.78 is 1.79. The molecule has 0 saturated carbocycles. The van der Waals surface area contributed by atoms with Crippen molar-refractivity contribution >= 4 is 16.6 Å².